The first-order valence-corrected chi connectivity index (χ1v) is 8.59. The standard InChI is InChI=1S/C19H23N3O3/c1-20-17(24)6-7-18(25)22-19(13-9-15(23)10-13)14-8-12-4-2-3-5-16(12)21-11-14/h2-5,8,11,13,15,19,23H,6-7,9-10H2,1H3,(H,20,24)(H,22,25)/t13?,15?,19-/m1/s1. The molecule has 2 amide bonds. The van der Waals surface area contributed by atoms with Crippen molar-refractivity contribution in [2.24, 2.45) is 5.92 Å². The number of hydrogen-bond donors (Lipinski definition) is 3. The van der Waals surface area contributed by atoms with Crippen LogP contribution in [0.15, 0.2) is 36.5 Å². The third-order valence-corrected chi connectivity index (χ3v) is 4.77. The van der Waals surface area contributed by atoms with Crippen LogP contribution in [-0.2, 0) is 9.59 Å². The molecule has 25 heavy (non-hydrogen) atoms. The van der Waals surface area contributed by atoms with Gasteiger partial charge in [-0.2, -0.15) is 0 Å². The number of nitrogens with zero attached hydrogens (tertiary/aromatic N) is 1. The van der Waals surface area contributed by atoms with E-state index in [1.165, 1.54) is 0 Å². The molecule has 1 aromatic carbocycles. The molecule has 1 aliphatic rings. The van der Waals surface area contributed by atoms with Gasteiger partial charge in [0.2, 0.25) is 11.8 Å². The Morgan fingerprint density at radius 1 is 1.24 bits per heavy atom. The van der Waals surface area contributed by atoms with Gasteiger partial charge < -0.3 is 15.7 Å². The molecule has 1 saturated carbocycles. The average molecular weight is 341 g/mol. The Morgan fingerprint density at radius 2 is 1.96 bits per heavy atom. The number of aliphatic hydroxyl groups excluding tert-OH is 1. The first kappa shape index (κ1) is 17.4. The van der Waals surface area contributed by atoms with E-state index in [4.69, 9.17) is 0 Å². The molecule has 0 unspecified atom stereocenters. The summed E-state index contributed by atoms with van der Waals surface area (Å²) >= 11 is 0. The van der Waals surface area contributed by atoms with E-state index in [-0.39, 0.29) is 42.7 Å². The van der Waals surface area contributed by atoms with Crippen LogP contribution in [0.4, 0.5) is 0 Å². The molecule has 3 N–H and O–H groups in total. The van der Waals surface area contributed by atoms with E-state index in [0.29, 0.717) is 12.8 Å². The Bertz CT molecular complexity index is 771. The lowest BCUT2D eigenvalue weighted by atomic mass is 9.75. The zero-order valence-electron chi connectivity index (χ0n) is 14.2. The van der Waals surface area contributed by atoms with E-state index in [9.17, 15) is 14.7 Å². The molecule has 0 saturated heterocycles. The van der Waals surface area contributed by atoms with Crippen LogP contribution in [0.5, 0.6) is 0 Å². The normalized spacial score (nSPS) is 20.6. The van der Waals surface area contributed by atoms with Crippen LogP contribution in [0.25, 0.3) is 10.9 Å². The maximum absolute atomic E-state index is 12.3. The summed E-state index contributed by atoms with van der Waals surface area (Å²) in [5.41, 5.74) is 1.84. The molecular weight excluding hydrogens is 318 g/mol. The van der Waals surface area contributed by atoms with E-state index < -0.39 is 0 Å². The molecule has 0 spiro atoms. The van der Waals surface area contributed by atoms with E-state index >= 15 is 0 Å². The third-order valence-electron chi connectivity index (χ3n) is 4.77. The Morgan fingerprint density at radius 3 is 2.68 bits per heavy atom. The molecule has 3 rings (SSSR count). The van der Waals surface area contributed by atoms with Crippen molar-refractivity contribution in [2.75, 3.05) is 7.05 Å². The minimum absolute atomic E-state index is 0.145. The second-order valence-corrected chi connectivity index (χ2v) is 6.57. The number of para-hydroxylation sites is 1. The lowest BCUT2D eigenvalue weighted by Gasteiger charge is -2.38. The van der Waals surface area contributed by atoms with Crippen molar-refractivity contribution < 1.29 is 14.7 Å². The third kappa shape index (κ3) is 4.14. The Kier molecular flexibility index (Phi) is 5.28. The number of fused-ring (bicyclic) bond motifs is 1. The van der Waals surface area contributed by atoms with Crippen LogP contribution >= 0.6 is 0 Å². The van der Waals surface area contributed by atoms with Gasteiger partial charge >= 0.3 is 0 Å². The summed E-state index contributed by atoms with van der Waals surface area (Å²) in [7, 11) is 1.56. The number of aliphatic hydroxyl groups is 1. The Hall–Kier alpha value is -2.47. The number of carbonyl (C=O) groups excluding carboxylic acids is 2. The second kappa shape index (κ2) is 7.61. The van der Waals surface area contributed by atoms with Crippen LogP contribution in [0.3, 0.4) is 0 Å². The number of nitrogens with one attached hydrogen (secondary N) is 2. The van der Waals surface area contributed by atoms with Crippen molar-refractivity contribution in [3.63, 3.8) is 0 Å². The van der Waals surface area contributed by atoms with Crippen LogP contribution in [0, 0.1) is 5.92 Å². The van der Waals surface area contributed by atoms with E-state index in [1.54, 1.807) is 13.2 Å². The van der Waals surface area contributed by atoms with E-state index in [0.717, 1.165) is 16.5 Å². The molecule has 0 radical (unpaired) electrons. The molecule has 2 aromatic rings. The highest BCUT2D eigenvalue weighted by molar-refractivity contribution is 5.84. The fourth-order valence-electron chi connectivity index (χ4n) is 3.23. The zero-order chi connectivity index (χ0) is 17.8. The molecule has 6 heteroatoms. The van der Waals surface area contributed by atoms with Gasteiger partial charge in [0.25, 0.3) is 0 Å². The first-order chi connectivity index (χ1) is 12.1. The van der Waals surface area contributed by atoms with E-state index in [2.05, 4.69) is 15.6 Å². The Labute approximate surface area is 146 Å². The summed E-state index contributed by atoms with van der Waals surface area (Å²) in [5.74, 6) is -0.136. The number of carbonyl (C=O) groups is 2. The van der Waals surface area contributed by atoms with Crippen LogP contribution in [0.1, 0.15) is 37.3 Å². The van der Waals surface area contributed by atoms with Crippen molar-refractivity contribution in [3.05, 3.63) is 42.1 Å². The minimum atomic E-state index is -0.302. The molecule has 132 valence electrons. The topological polar surface area (TPSA) is 91.3 Å². The zero-order valence-corrected chi connectivity index (χ0v) is 14.2. The lowest BCUT2D eigenvalue weighted by molar-refractivity contribution is -0.127. The van der Waals surface area contributed by atoms with Gasteiger partial charge in [0.15, 0.2) is 0 Å². The van der Waals surface area contributed by atoms with Gasteiger partial charge in [0.05, 0.1) is 17.7 Å². The molecular formula is C19H23N3O3. The van der Waals surface area contributed by atoms with Crippen molar-refractivity contribution in [1.82, 2.24) is 15.6 Å². The number of pyridine rings is 1. The lowest BCUT2D eigenvalue weighted by Crippen LogP contribution is -2.41. The second-order valence-electron chi connectivity index (χ2n) is 6.57. The summed E-state index contributed by atoms with van der Waals surface area (Å²) in [4.78, 5) is 28.1. The number of rotatable bonds is 6. The average Bonchev–Trinajstić information content (AvgIpc) is 2.61. The van der Waals surface area contributed by atoms with Gasteiger partial charge in [0, 0.05) is 31.5 Å². The minimum Gasteiger partial charge on any atom is -0.393 e. The van der Waals surface area contributed by atoms with Crippen LogP contribution in [-0.4, -0.2) is 35.1 Å². The van der Waals surface area contributed by atoms with Crippen molar-refractivity contribution in [2.45, 2.75) is 37.8 Å². The summed E-state index contributed by atoms with van der Waals surface area (Å²) in [6.07, 6.45) is 3.12. The van der Waals surface area contributed by atoms with Crippen LogP contribution < -0.4 is 10.6 Å². The highest BCUT2D eigenvalue weighted by atomic mass is 16.3. The summed E-state index contributed by atoms with van der Waals surface area (Å²) in [6.45, 7) is 0. The Balaban J connectivity index is 1.76. The molecule has 1 heterocycles. The van der Waals surface area contributed by atoms with Gasteiger partial charge in [-0.3, -0.25) is 14.6 Å². The number of hydrogen-bond acceptors (Lipinski definition) is 4. The quantitative estimate of drug-likeness (QED) is 0.746. The van der Waals surface area contributed by atoms with Crippen molar-refractivity contribution in [3.8, 4) is 0 Å². The molecule has 1 fully saturated rings. The summed E-state index contributed by atoms with van der Waals surface area (Å²) < 4.78 is 0. The molecule has 0 bridgehead atoms. The molecule has 0 aliphatic heterocycles. The highest BCUT2D eigenvalue weighted by Gasteiger charge is 2.35. The SMILES string of the molecule is CNC(=O)CCC(=O)N[C@@H](c1cnc2ccccc2c1)C1CC(O)C1. The maximum atomic E-state index is 12.3. The molecule has 1 atom stereocenters. The smallest absolute Gasteiger partial charge is 0.221 e. The number of benzene rings is 1. The predicted molar refractivity (Wildman–Crippen MR) is 94.7 cm³/mol. The summed E-state index contributed by atoms with van der Waals surface area (Å²) in [6, 6.07) is 9.68. The van der Waals surface area contributed by atoms with Gasteiger partial charge in [-0.1, -0.05) is 18.2 Å². The van der Waals surface area contributed by atoms with Gasteiger partial charge in [-0.15, -0.1) is 0 Å². The molecule has 6 nitrogen and oxygen atoms in total. The molecule has 1 aliphatic carbocycles. The van der Waals surface area contributed by atoms with Crippen molar-refractivity contribution >= 4 is 22.7 Å². The fraction of sp³-hybridized carbons (Fsp3) is 0.421. The number of amides is 2. The predicted octanol–water partition coefficient (Wildman–Crippen LogP) is 1.69. The maximum Gasteiger partial charge on any atom is 0.221 e. The monoisotopic (exact) mass is 341 g/mol. The number of aromatic nitrogens is 1. The van der Waals surface area contributed by atoms with E-state index in [1.807, 2.05) is 30.3 Å². The van der Waals surface area contributed by atoms with Crippen LogP contribution in [0.2, 0.25) is 0 Å². The molecule has 1 aromatic heterocycles. The van der Waals surface area contributed by atoms with Gasteiger partial charge in [-0.25, -0.2) is 0 Å². The van der Waals surface area contributed by atoms with Gasteiger partial charge in [-0.05, 0) is 36.5 Å². The fourth-order valence-corrected chi connectivity index (χ4v) is 3.23. The van der Waals surface area contributed by atoms with Crippen molar-refractivity contribution in [1.29, 1.82) is 0 Å². The first-order valence-electron chi connectivity index (χ1n) is 8.59. The highest BCUT2D eigenvalue weighted by Crippen LogP contribution is 2.38. The van der Waals surface area contributed by atoms with Gasteiger partial charge in [0.1, 0.15) is 0 Å². The largest absolute Gasteiger partial charge is 0.393 e. The summed E-state index contributed by atoms with van der Waals surface area (Å²) in [5, 5.41) is 16.2.